The Morgan fingerprint density at radius 3 is 1.39 bits per heavy atom. The summed E-state index contributed by atoms with van der Waals surface area (Å²) in [5.41, 5.74) is 10.7. The van der Waals surface area contributed by atoms with Crippen LogP contribution in [-0.2, 0) is 0 Å². The van der Waals surface area contributed by atoms with Crippen LogP contribution in [0.3, 0.4) is 0 Å². The van der Waals surface area contributed by atoms with E-state index in [4.69, 9.17) is 9.97 Å². The maximum absolute atomic E-state index is 5.05. The van der Waals surface area contributed by atoms with Crippen molar-refractivity contribution in [3.8, 4) is 44.8 Å². The lowest BCUT2D eigenvalue weighted by molar-refractivity contribution is 1.38. The second-order valence-electron chi connectivity index (χ2n) is 11.8. The van der Waals surface area contributed by atoms with E-state index in [1.165, 1.54) is 32.7 Å². The zero-order valence-corrected chi connectivity index (χ0v) is 25.1. The number of nitrogens with zero attached hydrogens (tertiary/aromatic N) is 2. The van der Waals surface area contributed by atoms with Gasteiger partial charge in [0.25, 0.3) is 0 Å². The average molecular weight is 585 g/mol. The molecule has 2 aromatic heterocycles. The zero-order chi connectivity index (χ0) is 30.5. The lowest BCUT2D eigenvalue weighted by Crippen LogP contribution is -1.91. The van der Waals surface area contributed by atoms with Crippen molar-refractivity contribution >= 4 is 43.4 Å². The number of para-hydroxylation sites is 2. The summed E-state index contributed by atoms with van der Waals surface area (Å²) in [5, 5.41) is 7.35. The molecule has 0 spiro atoms. The summed E-state index contributed by atoms with van der Waals surface area (Å²) in [6.07, 6.45) is 0. The molecule has 0 aliphatic carbocycles. The Morgan fingerprint density at radius 1 is 0.283 bits per heavy atom. The van der Waals surface area contributed by atoms with Gasteiger partial charge in [-0.25, -0.2) is 9.97 Å². The van der Waals surface area contributed by atoms with Gasteiger partial charge in [0.15, 0.2) is 0 Å². The summed E-state index contributed by atoms with van der Waals surface area (Å²) < 4.78 is 0. The first-order chi connectivity index (χ1) is 22.8. The van der Waals surface area contributed by atoms with Crippen LogP contribution >= 0.6 is 0 Å². The molecular formula is C44H28N2. The van der Waals surface area contributed by atoms with Gasteiger partial charge in [-0.15, -0.1) is 0 Å². The van der Waals surface area contributed by atoms with Crippen molar-refractivity contribution < 1.29 is 0 Å². The van der Waals surface area contributed by atoms with Gasteiger partial charge in [0.2, 0.25) is 0 Å². The second-order valence-corrected chi connectivity index (χ2v) is 11.8. The van der Waals surface area contributed by atoms with Crippen LogP contribution in [0.25, 0.3) is 88.1 Å². The fourth-order valence-electron chi connectivity index (χ4n) is 6.68. The minimum atomic E-state index is 0.946. The van der Waals surface area contributed by atoms with Crippen molar-refractivity contribution in [3.63, 3.8) is 0 Å². The molecule has 46 heavy (non-hydrogen) atoms. The van der Waals surface area contributed by atoms with Gasteiger partial charge in [-0.2, -0.15) is 0 Å². The molecule has 0 saturated heterocycles. The number of aromatic nitrogens is 2. The summed E-state index contributed by atoms with van der Waals surface area (Å²) in [6.45, 7) is 0. The van der Waals surface area contributed by atoms with Crippen molar-refractivity contribution in [1.29, 1.82) is 0 Å². The van der Waals surface area contributed by atoms with Gasteiger partial charge in [0.1, 0.15) is 0 Å². The lowest BCUT2D eigenvalue weighted by atomic mass is 9.91. The Bertz CT molecular complexity index is 2480. The number of rotatable bonds is 4. The molecule has 9 aromatic rings. The topological polar surface area (TPSA) is 25.8 Å². The molecular weight excluding hydrogens is 556 g/mol. The van der Waals surface area contributed by atoms with E-state index in [9.17, 15) is 0 Å². The first kappa shape index (κ1) is 26.3. The molecule has 214 valence electrons. The van der Waals surface area contributed by atoms with Crippen LogP contribution in [0.5, 0.6) is 0 Å². The summed E-state index contributed by atoms with van der Waals surface area (Å²) >= 11 is 0. The summed E-state index contributed by atoms with van der Waals surface area (Å²) in [7, 11) is 0. The van der Waals surface area contributed by atoms with Crippen LogP contribution in [0.2, 0.25) is 0 Å². The lowest BCUT2D eigenvalue weighted by Gasteiger charge is -2.13. The molecule has 0 N–H and O–H groups in total. The highest BCUT2D eigenvalue weighted by Gasteiger charge is 2.12. The van der Waals surface area contributed by atoms with E-state index in [0.717, 1.165) is 55.4 Å². The molecule has 2 heteroatoms. The predicted molar refractivity (Wildman–Crippen MR) is 194 cm³/mol. The molecule has 7 aromatic carbocycles. The minimum absolute atomic E-state index is 0.946. The molecule has 0 saturated carbocycles. The van der Waals surface area contributed by atoms with Crippen LogP contribution in [-0.4, -0.2) is 9.97 Å². The Labute approximate surface area is 267 Å². The second kappa shape index (κ2) is 10.8. The Morgan fingerprint density at radius 2 is 0.761 bits per heavy atom. The summed E-state index contributed by atoms with van der Waals surface area (Å²) in [5.74, 6) is 0. The fraction of sp³-hybridized carbons (Fsp3) is 0. The van der Waals surface area contributed by atoms with E-state index in [2.05, 4.69) is 158 Å². The van der Waals surface area contributed by atoms with E-state index in [0.29, 0.717) is 0 Å². The molecule has 9 rings (SSSR count). The normalized spacial score (nSPS) is 11.5. The SMILES string of the molecule is c1ccc2nc(-c3cc(-c4ccc(-c5cc6ccccc6c6ccccc56)cc4)cc(-c4ccc5ccccc5n4)c3)ccc2c1. The summed E-state index contributed by atoms with van der Waals surface area (Å²) in [4.78, 5) is 10.1. The van der Waals surface area contributed by atoms with Gasteiger partial charge in [0, 0.05) is 21.9 Å². The monoisotopic (exact) mass is 584 g/mol. The van der Waals surface area contributed by atoms with Gasteiger partial charge < -0.3 is 0 Å². The van der Waals surface area contributed by atoms with Crippen LogP contribution in [0.4, 0.5) is 0 Å². The van der Waals surface area contributed by atoms with E-state index in [-0.39, 0.29) is 0 Å². The Balaban J connectivity index is 1.19. The molecule has 0 aliphatic heterocycles. The Kier molecular flexibility index (Phi) is 6.17. The number of benzene rings is 7. The number of pyridine rings is 2. The van der Waals surface area contributed by atoms with Gasteiger partial charge in [-0.1, -0.05) is 121 Å². The third-order valence-corrected chi connectivity index (χ3v) is 9.02. The van der Waals surface area contributed by atoms with Crippen LogP contribution in [0.1, 0.15) is 0 Å². The number of hydrogen-bond donors (Lipinski definition) is 0. The molecule has 0 unspecified atom stereocenters. The highest BCUT2D eigenvalue weighted by molar-refractivity contribution is 6.13. The third-order valence-electron chi connectivity index (χ3n) is 9.02. The van der Waals surface area contributed by atoms with E-state index < -0.39 is 0 Å². The molecule has 2 nitrogen and oxygen atoms in total. The van der Waals surface area contributed by atoms with Gasteiger partial charge in [0.05, 0.1) is 22.4 Å². The third kappa shape index (κ3) is 4.60. The largest absolute Gasteiger partial charge is 0.248 e. The maximum Gasteiger partial charge on any atom is 0.0710 e. The maximum atomic E-state index is 5.05. The summed E-state index contributed by atoms with van der Waals surface area (Å²) in [6, 6.07) is 60.5. The molecule has 0 radical (unpaired) electrons. The standard InChI is InChI=1S/C44H28N2/c1-4-12-37-33(11-1)28-40(39-14-6-5-13-38(37)39)30-19-17-29(18-20-30)34-25-35(43-23-21-31-9-2-7-15-41(31)45-43)27-36(26-34)44-24-22-32-10-3-8-16-42(32)46-44/h1-28H. The number of hydrogen-bond acceptors (Lipinski definition) is 2. The average Bonchev–Trinajstić information content (AvgIpc) is 3.14. The molecule has 0 atom stereocenters. The number of fused-ring (bicyclic) bond motifs is 5. The van der Waals surface area contributed by atoms with Crippen molar-refractivity contribution in [1.82, 2.24) is 9.97 Å². The van der Waals surface area contributed by atoms with Gasteiger partial charge >= 0.3 is 0 Å². The van der Waals surface area contributed by atoms with Crippen LogP contribution in [0.15, 0.2) is 170 Å². The van der Waals surface area contributed by atoms with E-state index >= 15 is 0 Å². The molecule has 0 bridgehead atoms. The van der Waals surface area contributed by atoms with Gasteiger partial charge in [-0.05, 0) is 92.3 Å². The molecule has 0 amide bonds. The van der Waals surface area contributed by atoms with Crippen LogP contribution in [0, 0.1) is 0 Å². The van der Waals surface area contributed by atoms with Crippen molar-refractivity contribution in [2.45, 2.75) is 0 Å². The molecule has 0 aliphatic rings. The minimum Gasteiger partial charge on any atom is -0.248 e. The highest BCUT2D eigenvalue weighted by atomic mass is 14.7. The smallest absolute Gasteiger partial charge is 0.0710 e. The van der Waals surface area contributed by atoms with E-state index in [1.54, 1.807) is 0 Å². The first-order valence-electron chi connectivity index (χ1n) is 15.7. The molecule has 0 fully saturated rings. The van der Waals surface area contributed by atoms with Crippen molar-refractivity contribution in [3.05, 3.63) is 170 Å². The predicted octanol–water partition coefficient (Wildman–Crippen LogP) is 11.8. The fourth-order valence-corrected chi connectivity index (χ4v) is 6.68. The Hall–Kier alpha value is -6.12. The molecule has 2 heterocycles. The first-order valence-corrected chi connectivity index (χ1v) is 15.7. The van der Waals surface area contributed by atoms with Crippen molar-refractivity contribution in [2.24, 2.45) is 0 Å². The quantitative estimate of drug-likeness (QED) is 0.192. The van der Waals surface area contributed by atoms with E-state index in [1.807, 2.05) is 12.1 Å². The van der Waals surface area contributed by atoms with Crippen LogP contribution < -0.4 is 0 Å². The van der Waals surface area contributed by atoms with Gasteiger partial charge in [-0.3, -0.25) is 0 Å². The van der Waals surface area contributed by atoms with Crippen molar-refractivity contribution in [2.75, 3.05) is 0 Å². The zero-order valence-electron chi connectivity index (χ0n) is 25.1. The highest BCUT2D eigenvalue weighted by Crippen LogP contribution is 2.37.